The van der Waals surface area contributed by atoms with Crippen LogP contribution in [0.4, 0.5) is 0 Å². The van der Waals surface area contributed by atoms with Gasteiger partial charge in [0.15, 0.2) is 12.0 Å². The van der Waals surface area contributed by atoms with Gasteiger partial charge < -0.3 is 14.2 Å². The summed E-state index contributed by atoms with van der Waals surface area (Å²) in [7, 11) is 0. The first-order chi connectivity index (χ1) is 14.1. The van der Waals surface area contributed by atoms with Crippen LogP contribution in [-0.2, 0) is 28.6 Å². The van der Waals surface area contributed by atoms with Gasteiger partial charge in [0.25, 0.3) is 0 Å². The zero-order chi connectivity index (χ0) is 23.4. The van der Waals surface area contributed by atoms with Gasteiger partial charge >= 0.3 is 17.9 Å². The van der Waals surface area contributed by atoms with Gasteiger partial charge in [-0.2, -0.15) is 5.26 Å². The minimum Gasteiger partial charge on any atom is -0.457 e. The fourth-order valence-corrected chi connectivity index (χ4v) is 5.67. The van der Waals surface area contributed by atoms with E-state index in [4.69, 9.17) is 14.2 Å². The molecule has 2 aliphatic carbocycles. The number of rotatable bonds is 5. The monoisotopic (exact) mass is 433 g/mol. The molecule has 0 radical (unpaired) electrons. The molecule has 172 valence electrons. The first-order valence-corrected chi connectivity index (χ1v) is 11.1. The summed E-state index contributed by atoms with van der Waals surface area (Å²) < 4.78 is 16.5. The Morgan fingerprint density at radius 1 is 1.16 bits per heavy atom. The molecule has 0 aromatic carbocycles. The maximum atomic E-state index is 13.0. The Bertz CT molecular complexity index is 815. The van der Waals surface area contributed by atoms with Crippen LogP contribution in [0.5, 0.6) is 0 Å². The fourth-order valence-electron chi connectivity index (χ4n) is 5.67. The van der Waals surface area contributed by atoms with Gasteiger partial charge in [-0.1, -0.05) is 41.5 Å². The standard InChI is InChI=1S/C24H35NO6/c1-21(2,3)12-23(7,22(4,5)6)19(27)29-11-17(26)30-16-9-14-8-15-18(16)31-20(28)24(15,10-14)13-25/h14-16,18H,8-12H2,1-7H3. The molecular weight excluding hydrogens is 398 g/mol. The number of nitrogens with zero attached hydrogens (tertiary/aromatic N) is 1. The number of hydrogen-bond donors (Lipinski definition) is 0. The number of hydrogen-bond acceptors (Lipinski definition) is 7. The van der Waals surface area contributed by atoms with Crippen LogP contribution in [0.1, 0.15) is 74.1 Å². The van der Waals surface area contributed by atoms with Gasteiger partial charge in [0.1, 0.15) is 12.2 Å². The van der Waals surface area contributed by atoms with Crippen LogP contribution < -0.4 is 0 Å². The number of carbonyl (C=O) groups excluding carboxylic acids is 3. The van der Waals surface area contributed by atoms with Gasteiger partial charge in [0.2, 0.25) is 0 Å². The predicted octanol–water partition coefficient (Wildman–Crippen LogP) is 3.80. The van der Waals surface area contributed by atoms with E-state index in [2.05, 4.69) is 26.8 Å². The number of fused-ring (bicyclic) bond motifs is 1. The number of ether oxygens (including phenoxy) is 3. The highest BCUT2D eigenvalue weighted by molar-refractivity contribution is 5.84. The molecule has 7 nitrogen and oxygen atoms in total. The molecule has 1 saturated heterocycles. The molecule has 31 heavy (non-hydrogen) atoms. The molecule has 2 saturated carbocycles. The maximum absolute atomic E-state index is 13.0. The molecule has 0 spiro atoms. The Morgan fingerprint density at radius 3 is 2.35 bits per heavy atom. The van der Waals surface area contributed by atoms with Crippen LogP contribution in [0, 0.1) is 44.8 Å². The van der Waals surface area contributed by atoms with Crippen molar-refractivity contribution in [2.75, 3.05) is 6.61 Å². The van der Waals surface area contributed by atoms with Crippen LogP contribution in [0.3, 0.4) is 0 Å². The van der Waals surface area contributed by atoms with Crippen molar-refractivity contribution in [3.05, 3.63) is 0 Å². The Balaban J connectivity index is 1.62. The summed E-state index contributed by atoms with van der Waals surface area (Å²) in [5, 5.41) is 9.58. The molecule has 7 heteroatoms. The summed E-state index contributed by atoms with van der Waals surface area (Å²) in [5.74, 6) is -1.66. The Morgan fingerprint density at radius 2 is 1.81 bits per heavy atom. The van der Waals surface area contributed by atoms with Crippen molar-refractivity contribution in [2.24, 2.45) is 33.5 Å². The lowest BCUT2D eigenvalue weighted by Gasteiger charge is -2.43. The highest BCUT2D eigenvalue weighted by atomic mass is 16.6. The molecule has 6 atom stereocenters. The van der Waals surface area contributed by atoms with Gasteiger partial charge in [-0.25, -0.2) is 4.79 Å². The van der Waals surface area contributed by atoms with E-state index in [0.717, 1.165) is 6.42 Å². The average molecular weight is 434 g/mol. The lowest BCUT2D eigenvalue weighted by molar-refractivity contribution is -0.180. The topological polar surface area (TPSA) is 103 Å². The summed E-state index contributed by atoms with van der Waals surface area (Å²) in [6, 6.07) is 2.17. The molecule has 2 bridgehead atoms. The van der Waals surface area contributed by atoms with Crippen molar-refractivity contribution < 1.29 is 28.6 Å². The normalized spacial score (nSPS) is 33.8. The minimum atomic E-state index is -1.09. The van der Waals surface area contributed by atoms with Crippen LogP contribution in [-0.4, -0.2) is 36.7 Å². The van der Waals surface area contributed by atoms with Gasteiger partial charge in [-0.3, -0.25) is 9.59 Å². The second-order valence-corrected chi connectivity index (χ2v) is 12.0. The van der Waals surface area contributed by atoms with E-state index in [1.54, 1.807) is 0 Å². The SMILES string of the molecule is CC(C)(C)CC(C)(C(=O)OCC(=O)OC1CC2CC3C1OC(=O)C3(C#N)C2)C(C)(C)C. The summed E-state index contributed by atoms with van der Waals surface area (Å²) in [5.41, 5.74) is -2.32. The third-order valence-electron chi connectivity index (χ3n) is 7.56. The predicted molar refractivity (Wildman–Crippen MR) is 111 cm³/mol. The second-order valence-electron chi connectivity index (χ2n) is 12.0. The molecule has 1 aliphatic heterocycles. The molecule has 6 unspecified atom stereocenters. The molecule has 1 heterocycles. The van der Waals surface area contributed by atoms with Crippen molar-refractivity contribution in [3.63, 3.8) is 0 Å². The molecular formula is C24H35NO6. The minimum absolute atomic E-state index is 0.0947. The van der Waals surface area contributed by atoms with Crippen LogP contribution in [0.25, 0.3) is 0 Å². The van der Waals surface area contributed by atoms with E-state index < -0.39 is 47.6 Å². The second kappa shape index (κ2) is 7.50. The summed E-state index contributed by atoms with van der Waals surface area (Å²) >= 11 is 0. The van der Waals surface area contributed by atoms with E-state index in [-0.39, 0.29) is 22.7 Å². The lowest BCUT2D eigenvalue weighted by atomic mass is 9.61. The maximum Gasteiger partial charge on any atom is 0.344 e. The third kappa shape index (κ3) is 4.06. The molecule has 3 fully saturated rings. The zero-order valence-corrected chi connectivity index (χ0v) is 19.7. The Labute approximate surface area is 184 Å². The first kappa shape index (κ1) is 23.6. The molecule has 0 N–H and O–H groups in total. The van der Waals surface area contributed by atoms with Crippen molar-refractivity contribution >= 4 is 17.9 Å². The molecule has 0 aromatic rings. The lowest BCUT2D eigenvalue weighted by Crippen LogP contribution is -2.45. The van der Waals surface area contributed by atoms with Gasteiger partial charge in [-0.05, 0) is 49.4 Å². The van der Waals surface area contributed by atoms with E-state index >= 15 is 0 Å². The summed E-state index contributed by atoms with van der Waals surface area (Å²) in [6.07, 6.45) is 1.18. The van der Waals surface area contributed by atoms with Crippen molar-refractivity contribution in [1.82, 2.24) is 0 Å². The zero-order valence-electron chi connectivity index (χ0n) is 19.7. The fraction of sp³-hybridized carbons (Fsp3) is 0.833. The summed E-state index contributed by atoms with van der Waals surface area (Å²) in [6.45, 7) is 13.6. The van der Waals surface area contributed by atoms with E-state index in [9.17, 15) is 19.6 Å². The number of carbonyl (C=O) groups is 3. The van der Waals surface area contributed by atoms with Crippen LogP contribution in [0.2, 0.25) is 0 Å². The highest BCUT2D eigenvalue weighted by Crippen LogP contribution is 2.59. The Kier molecular flexibility index (Phi) is 5.70. The summed E-state index contributed by atoms with van der Waals surface area (Å²) in [4.78, 5) is 37.8. The largest absolute Gasteiger partial charge is 0.457 e. The van der Waals surface area contributed by atoms with Crippen LogP contribution >= 0.6 is 0 Å². The van der Waals surface area contributed by atoms with E-state index in [1.165, 1.54) is 0 Å². The van der Waals surface area contributed by atoms with Gasteiger partial charge in [0.05, 0.1) is 11.5 Å². The van der Waals surface area contributed by atoms with Gasteiger partial charge in [0, 0.05) is 5.92 Å². The molecule has 3 aliphatic rings. The molecule has 0 amide bonds. The van der Waals surface area contributed by atoms with E-state index in [0.29, 0.717) is 19.3 Å². The number of nitriles is 1. The first-order valence-electron chi connectivity index (χ1n) is 11.1. The Hall–Kier alpha value is -2.10. The number of esters is 3. The molecule has 0 aromatic heterocycles. The highest BCUT2D eigenvalue weighted by Gasteiger charge is 2.68. The van der Waals surface area contributed by atoms with Crippen LogP contribution in [0.15, 0.2) is 0 Å². The average Bonchev–Trinajstić information content (AvgIpc) is 3.08. The van der Waals surface area contributed by atoms with Crippen molar-refractivity contribution in [2.45, 2.75) is 86.4 Å². The smallest absolute Gasteiger partial charge is 0.344 e. The molecule has 3 rings (SSSR count). The van der Waals surface area contributed by atoms with E-state index in [1.807, 2.05) is 27.7 Å². The van der Waals surface area contributed by atoms with Crippen molar-refractivity contribution in [3.8, 4) is 6.07 Å². The third-order valence-corrected chi connectivity index (χ3v) is 7.56. The quantitative estimate of drug-likeness (QED) is 0.480. The van der Waals surface area contributed by atoms with Gasteiger partial charge in [-0.15, -0.1) is 0 Å². The van der Waals surface area contributed by atoms with Crippen molar-refractivity contribution in [1.29, 1.82) is 5.26 Å².